The van der Waals surface area contributed by atoms with Gasteiger partial charge >= 0.3 is 0 Å². The summed E-state index contributed by atoms with van der Waals surface area (Å²) in [6, 6.07) is 28.2. The first kappa shape index (κ1) is 20.0. The molecule has 32 heavy (non-hydrogen) atoms. The Morgan fingerprint density at radius 2 is 1.44 bits per heavy atom. The fourth-order valence-corrected chi connectivity index (χ4v) is 4.17. The summed E-state index contributed by atoms with van der Waals surface area (Å²) < 4.78 is 1.76. The Bertz CT molecular complexity index is 1210. The Labute approximate surface area is 187 Å². The Hall–Kier alpha value is -3.93. The molecular formula is C26H25N5O. The maximum atomic E-state index is 13.5. The van der Waals surface area contributed by atoms with Gasteiger partial charge in [-0.1, -0.05) is 65.9 Å². The van der Waals surface area contributed by atoms with E-state index in [1.165, 1.54) is 11.3 Å². The summed E-state index contributed by atoms with van der Waals surface area (Å²) in [6.45, 7) is 4.99. The highest BCUT2D eigenvalue weighted by molar-refractivity contribution is 5.98. The zero-order chi connectivity index (χ0) is 21.9. The standard InChI is InChI=1S/C26H25N5O/c1-20-9-8-14-23(19-20)29-15-17-30(18-16-29)26(32)24-25(21-10-4-2-5-11-21)31(28-27-24)22-12-6-3-7-13-22/h2-14,19H,15-18H2,1H3. The molecule has 0 aliphatic carbocycles. The van der Waals surface area contributed by atoms with Crippen LogP contribution in [0.4, 0.5) is 5.69 Å². The largest absolute Gasteiger partial charge is 0.368 e. The van der Waals surface area contributed by atoms with Crippen LogP contribution in [0.3, 0.4) is 0 Å². The van der Waals surface area contributed by atoms with E-state index in [2.05, 4.69) is 46.4 Å². The van der Waals surface area contributed by atoms with E-state index < -0.39 is 0 Å². The molecule has 1 aliphatic heterocycles. The molecule has 160 valence electrons. The minimum absolute atomic E-state index is 0.0741. The second-order valence-corrected chi connectivity index (χ2v) is 8.02. The molecule has 1 aromatic heterocycles. The number of aryl methyl sites for hydroxylation is 1. The Kier molecular flexibility index (Phi) is 5.42. The molecule has 0 saturated carbocycles. The second kappa shape index (κ2) is 8.67. The number of amides is 1. The molecule has 5 rings (SSSR count). The molecular weight excluding hydrogens is 398 g/mol. The van der Waals surface area contributed by atoms with E-state index in [9.17, 15) is 4.79 Å². The molecule has 3 aromatic carbocycles. The van der Waals surface area contributed by atoms with E-state index in [0.29, 0.717) is 18.8 Å². The smallest absolute Gasteiger partial charge is 0.276 e. The SMILES string of the molecule is Cc1cccc(N2CCN(C(=O)c3nnn(-c4ccccc4)c3-c3ccccc3)CC2)c1. The Balaban J connectivity index is 1.43. The summed E-state index contributed by atoms with van der Waals surface area (Å²) in [4.78, 5) is 17.7. The van der Waals surface area contributed by atoms with Gasteiger partial charge in [0, 0.05) is 37.4 Å². The van der Waals surface area contributed by atoms with Gasteiger partial charge in [-0.05, 0) is 36.8 Å². The Morgan fingerprint density at radius 3 is 2.12 bits per heavy atom. The van der Waals surface area contributed by atoms with Crippen molar-refractivity contribution in [1.82, 2.24) is 19.9 Å². The van der Waals surface area contributed by atoms with E-state index in [0.717, 1.165) is 30.0 Å². The minimum atomic E-state index is -0.0741. The number of rotatable bonds is 4. The third kappa shape index (κ3) is 3.87. The van der Waals surface area contributed by atoms with Gasteiger partial charge in [-0.15, -0.1) is 5.10 Å². The number of piperazine rings is 1. The minimum Gasteiger partial charge on any atom is -0.368 e. The average Bonchev–Trinajstić information content (AvgIpc) is 3.30. The van der Waals surface area contributed by atoms with Crippen molar-refractivity contribution in [3.8, 4) is 16.9 Å². The van der Waals surface area contributed by atoms with Crippen LogP contribution in [-0.4, -0.2) is 52.0 Å². The molecule has 6 heteroatoms. The van der Waals surface area contributed by atoms with Crippen molar-refractivity contribution in [2.24, 2.45) is 0 Å². The lowest BCUT2D eigenvalue weighted by molar-refractivity contribution is 0.0741. The van der Waals surface area contributed by atoms with Crippen LogP contribution in [0.1, 0.15) is 16.1 Å². The molecule has 0 unspecified atom stereocenters. The maximum Gasteiger partial charge on any atom is 0.276 e. The lowest BCUT2D eigenvalue weighted by Gasteiger charge is -2.36. The lowest BCUT2D eigenvalue weighted by atomic mass is 10.1. The van der Waals surface area contributed by atoms with Gasteiger partial charge in [0.05, 0.1) is 5.69 Å². The quantitative estimate of drug-likeness (QED) is 0.494. The van der Waals surface area contributed by atoms with Gasteiger partial charge in [0.1, 0.15) is 5.69 Å². The molecule has 0 spiro atoms. The summed E-state index contributed by atoms with van der Waals surface area (Å²) in [7, 11) is 0. The molecule has 4 aromatic rings. The summed E-state index contributed by atoms with van der Waals surface area (Å²) in [6.07, 6.45) is 0. The van der Waals surface area contributed by atoms with Crippen molar-refractivity contribution < 1.29 is 4.79 Å². The number of benzene rings is 3. The molecule has 1 aliphatic rings. The first-order chi connectivity index (χ1) is 15.7. The predicted octanol–water partition coefficient (Wildman–Crippen LogP) is 4.21. The fraction of sp³-hybridized carbons (Fsp3) is 0.192. The van der Waals surface area contributed by atoms with Crippen LogP contribution in [0.5, 0.6) is 0 Å². The number of nitrogens with zero attached hydrogens (tertiary/aromatic N) is 5. The Morgan fingerprint density at radius 1 is 0.781 bits per heavy atom. The zero-order valence-electron chi connectivity index (χ0n) is 18.1. The summed E-state index contributed by atoms with van der Waals surface area (Å²) in [5.74, 6) is -0.0741. The van der Waals surface area contributed by atoms with Crippen LogP contribution in [-0.2, 0) is 0 Å². The summed E-state index contributed by atoms with van der Waals surface area (Å²) >= 11 is 0. The van der Waals surface area contributed by atoms with E-state index in [4.69, 9.17) is 0 Å². The van der Waals surface area contributed by atoms with E-state index in [1.807, 2.05) is 65.6 Å². The van der Waals surface area contributed by atoms with Crippen molar-refractivity contribution in [2.75, 3.05) is 31.1 Å². The van der Waals surface area contributed by atoms with Crippen LogP contribution in [0.15, 0.2) is 84.9 Å². The number of hydrogen-bond acceptors (Lipinski definition) is 4. The van der Waals surface area contributed by atoms with Crippen LogP contribution >= 0.6 is 0 Å². The van der Waals surface area contributed by atoms with Crippen LogP contribution in [0, 0.1) is 6.92 Å². The predicted molar refractivity (Wildman–Crippen MR) is 126 cm³/mol. The van der Waals surface area contributed by atoms with E-state index in [1.54, 1.807) is 4.68 Å². The lowest BCUT2D eigenvalue weighted by Crippen LogP contribution is -2.49. The molecule has 6 nitrogen and oxygen atoms in total. The third-order valence-electron chi connectivity index (χ3n) is 5.85. The summed E-state index contributed by atoms with van der Waals surface area (Å²) in [5, 5.41) is 8.70. The number of carbonyl (C=O) groups is 1. The van der Waals surface area contributed by atoms with Crippen molar-refractivity contribution in [1.29, 1.82) is 0 Å². The first-order valence-electron chi connectivity index (χ1n) is 10.9. The highest BCUT2D eigenvalue weighted by Crippen LogP contribution is 2.27. The molecule has 0 atom stereocenters. The van der Waals surface area contributed by atoms with Crippen molar-refractivity contribution in [3.63, 3.8) is 0 Å². The van der Waals surface area contributed by atoms with Crippen LogP contribution < -0.4 is 4.90 Å². The first-order valence-corrected chi connectivity index (χ1v) is 10.9. The van der Waals surface area contributed by atoms with Gasteiger partial charge in [-0.2, -0.15) is 0 Å². The molecule has 0 radical (unpaired) electrons. The van der Waals surface area contributed by atoms with Crippen LogP contribution in [0.25, 0.3) is 16.9 Å². The second-order valence-electron chi connectivity index (χ2n) is 8.02. The number of hydrogen-bond donors (Lipinski definition) is 0. The van der Waals surface area contributed by atoms with E-state index in [-0.39, 0.29) is 5.91 Å². The molecule has 1 amide bonds. The average molecular weight is 424 g/mol. The van der Waals surface area contributed by atoms with Gasteiger partial charge in [-0.25, -0.2) is 4.68 Å². The maximum absolute atomic E-state index is 13.5. The number of anilines is 1. The van der Waals surface area contributed by atoms with Gasteiger partial charge in [0.25, 0.3) is 5.91 Å². The third-order valence-corrected chi connectivity index (χ3v) is 5.85. The summed E-state index contributed by atoms with van der Waals surface area (Å²) in [5.41, 5.74) is 5.36. The van der Waals surface area contributed by atoms with Crippen molar-refractivity contribution in [2.45, 2.75) is 6.92 Å². The van der Waals surface area contributed by atoms with E-state index >= 15 is 0 Å². The molecule has 0 bridgehead atoms. The van der Waals surface area contributed by atoms with Gasteiger partial charge in [0.15, 0.2) is 5.69 Å². The molecule has 1 saturated heterocycles. The molecule has 0 N–H and O–H groups in total. The monoisotopic (exact) mass is 423 g/mol. The van der Waals surface area contributed by atoms with Crippen molar-refractivity contribution >= 4 is 11.6 Å². The highest BCUT2D eigenvalue weighted by Gasteiger charge is 2.28. The molecule has 2 heterocycles. The molecule has 1 fully saturated rings. The van der Waals surface area contributed by atoms with Gasteiger partial charge < -0.3 is 9.80 Å². The normalized spacial score (nSPS) is 13.9. The van der Waals surface area contributed by atoms with Crippen molar-refractivity contribution in [3.05, 3.63) is 96.2 Å². The van der Waals surface area contributed by atoms with Crippen LogP contribution in [0.2, 0.25) is 0 Å². The zero-order valence-corrected chi connectivity index (χ0v) is 18.1. The fourth-order valence-electron chi connectivity index (χ4n) is 4.17. The number of aromatic nitrogens is 3. The highest BCUT2D eigenvalue weighted by atomic mass is 16.2. The van der Waals surface area contributed by atoms with Gasteiger partial charge in [0.2, 0.25) is 0 Å². The van der Waals surface area contributed by atoms with Gasteiger partial charge in [-0.3, -0.25) is 4.79 Å². The topological polar surface area (TPSA) is 54.3 Å². The number of para-hydroxylation sites is 1. The number of carbonyl (C=O) groups excluding carboxylic acids is 1.